The van der Waals surface area contributed by atoms with Gasteiger partial charge in [0.05, 0.1) is 19.3 Å². The molecule has 0 bridgehead atoms. The second-order valence-electron chi connectivity index (χ2n) is 11.3. The molecule has 0 aliphatic rings. The summed E-state index contributed by atoms with van der Waals surface area (Å²) < 4.78 is 18.4. The second kappa shape index (κ2) is 11.3. The Balaban J connectivity index is 5.89. The zero-order valence-corrected chi connectivity index (χ0v) is 23.9. The van der Waals surface area contributed by atoms with Crippen molar-refractivity contribution in [3.63, 3.8) is 0 Å². The van der Waals surface area contributed by atoms with Crippen molar-refractivity contribution in [1.29, 1.82) is 0 Å². The lowest BCUT2D eigenvalue weighted by Gasteiger charge is -2.44. The van der Waals surface area contributed by atoms with Crippen LogP contribution in [0.1, 0.15) is 61.8 Å². The first kappa shape index (κ1) is 29.3. The third-order valence-electron chi connectivity index (χ3n) is 6.80. The van der Waals surface area contributed by atoms with Crippen molar-refractivity contribution in [2.24, 2.45) is 5.92 Å². The summed E-state index contributed by atoms with van der Waals surface area (Å²) in [6.45, 7) is 26.9. The van der Waals surface area contributed by atoms with Crippen LogP contribution in [-0.4, -0.2) is 41.9 Å². The molecule has 0 saturated carbocycles. The molecule has 6 heteroatoms. The summed E-state index contributed by atoms with van der Waals surface area (Å²) in [6.07, 6.45) is 8.18. The topological polar surface area (TPSA) is 44.8 Å². The Bertz CT molecular complexity index is 595. The fraction of sp³-hybridized carbons (Fsp3) is 0.792. The number of carbonyl (C=O) groups is 1. The highest BCUT2D eigenvalue weighted by molar-refractivity contribution is 6.74. The van der Waals surface area contributed by atoms with E-state index in [0.29, 0.717) is 6.42 Å². The van der Waals surface area contributed by atoms with Gasteiger partial charge in [-0.1, -0.05) is 66.7 Å². The summed E-state index contributed by atoms with van der Waals surface area (Å²) in [5, 5.41) is 0.237. The van der Waals surface area contributed by atoms with Crippen molar-refractivity contribution in [1.82, 2.24) is 0 Å². The van der Waals surface area contributed by atoms with Gasteiger partial charge >= 0.3 is 5.97 Å². The van der Waals surface area contributed by atoms with E-state index in [2.05, 4.69) is 86.8 Å². The Morgan fingerprint density at radius 2 is 1.40 bits per heavy atom. The summed E-state index contributed by atoms with van der Waals surface area (Å²) in [4.78, 5) is 11.6. The van der Waals surface area contributed by atoms with Crippen LogP contribution in [0.25, 0.3) is 0 Å². The first-order valence-corrected chi connectivity index (χ1v) is 16.9. The van der Waals surface area contributed by atoms with Crippen LogP contribution in [0.15, 0.2) is 24.3 Å². The average molecular weight is 457 g/mol. The molecule has 0 fully saturated rings. The Labute approximate surface area is 188 Å². The monoisotopic (exact) mass is 456 g/mol. The van der Waals surface area contributed by atoms with Crippen molar-refractivity contribution in [2.45, 2.75) is 110 Å². The molecule has 0 spiro atoms. The molecule has 0 amide bonds. The number of hydrogen-bond donors (Lipinski definition) is 0. The minimum Gasteiger partial charge on any atom is -0.466 e. The molecule has 0 radical (unpaired) electrons. The molecule has 0 unspecified atom stereocenters. The maximum atomic E-state index is 11.6. The smallest absolute Gasteiger partial charge is 0.330 e. The summed E-state index contributed by atoms with van der Waals surface area (Å²) in [5.41, 5.74) is 0. The van der Waals surface area contributed by atoms with Crippen molar-refractivity contribution in [2.75, 3.05) is 7.11 Å². The predicted molar refractivity (Wildman–Crippen MR) is 134 cm³/mol. The summed E-state index contributed by atoms with van der Waals surface area (Å²) in [5.74, 6) is -0.192. The van der Waals surface area contributed by atoms with Gasteiger partial charge in [-0.2, -0.15) is 0 Å². The van der Waals surface area contributed by atoms with Gasteiger partial charge < -0.3 is 13.6 Å². The van der Waals surface area contributed by atoms with E-state index in [9.17, 15) is 4.79 Å². The molecule has 0 aromatic carbocycles. The Kier molecular flexibility index (Phi) is 11.0. The van der Waals surface area contributed by atoms with Crippen LogP contribution in [0, 0.1) is 5.92 Å². The zero-order valence-electron chi connectivity index (χ0n) is 21.9. The summed E-state index contributed by atoms with van der Waals surface area (Å²) in [6, 6.07) is 0. The van der Waals surface area contributed by atoms with E-state index in [1.165, 1.54) is 13.2 Å². The minimum atomic E-state index is -2.00. The zero-order chi connectivity index (χ0) is 24.0. The lowest BCUT2D eigenvalue weighted by molar-refractivity contribution is -0.134. The van der Waals surface area contributed by atoms with Crippen molar-refractivity contribution < 1.29 is 18.4 Å². The van der Waals surface area contributed by atoms with E-state index in [4.69, 9.17) is 13.6 Å². The summed E-state index contributed by atoms with van der Waals surface area (Å²) in [7, 11) is -2.55. The molecular weight excluding hydrogens is 408 g/mol. The van der Waals surface area contributed by atoms with Crippen LogP contribution < -0.4 is 0 Å². The first-order valence-electron chi connectivity index (χ1n) is 11.1. The lowest BCUT2D eigenvalue weighted by atomic mass is 9.95. The van der Waals surface area contributed by atoms with Crippen molar-refractivity contribution in [3.8, 4) is 0 Å². The van der Waals surface area contributed by atoms with Crippen LogP contribution in [0.3, 0.4) is 0 Å². The van der Waals surface area contributed by atoms with Gasteiger partial charge in [-0.25, -0.2) is 4.79 Å². The quantitative estimate of drug-likeness (QED) is 0.152. The molecular formula is C24H48O4Si2. The van der Waals surface area contributed by atoms with Crippen LogP contribution in [0.5, 0.6) is 0 Å². The molecule has 0 aromatic heterocycles. The molecule has 3 atom stereocenters. The Hall–Kier alpha value is -0.696. The Morgan fingerprint density at radius 1 is 0.933 bits per heavy atom. The Morgan fingerprint density at radius 3 is 1.80 bits per heavy atom. The molecule has 0 rings (SSSR count). The van der Waals surface area contributed by atoms with Crippen LogP contribution in [-0.2, 0) is 18.4 Å². The largest absolute Gasteiger partial charge is 0.466 e. The number of allylic oxidation sites excluding steroid dienone is 1. The molecule has 0 heterocycles. The number of rotatable bonds is 10. The van der Waals surface area contributed by atoms with E-state index in [-0.39, 0.29) is 34.2 Å². The minimum absolute atomic E-state index is 0.0304. The van der Waals surface area contributed by atoms with Crippen molar-refractivity contribution in [3.05, 3.63) is 24.3 Å². The molecule has 0 aromatic rings. The standard InChI is InChI=1S/C24H48O4Si2/c1-14-16-20(27-29(10,11)23(3,4)5)19(2)21(17-15-18-22(25)26-9)28-30(12,13)24(6,7)8/h14-16,18-21H,17H2,1-13H3/b16-14+,18-15+/t19-,20+,21-/m0/s1. The number of hydrogen-bond acceptors (Lipinski definition) is 4. The third kappa shape index (κ3) is 8.81. The van der Waals surface area contributed by atoms with E-state index in [1.54, 1.807) is 0 Å². The molecule has 0 N–H and O–H groups in total. The van der Waals surface area contributed by atoms with E-state index in [1.807, 2.05) is 13.0 Å². The van der Waals surface area contributed by atoms with Crippen LogP contribution in [0.4, 0.5) is 0 Å². The van der Waals surface area contributed by atoms with Gasteiger partial charge in [0.1, 0.15) is 0 Å². The van der Waals surface area contributed by atoms with Gasteiger partial charge in [-0.3, -0.25) is 0 Å². The predicted octanol–water partition coefficient (Wildman–Crippen LogP) is 7.10. The van der Waals surface area contributed by atoms with Gasteiger partial charge in [-0.05, 0) is 49.6 Å². The highest BCUT2D eigenvalue weighted by Gasteiger charge is 2.43. The maximum Gasteiger partial charge on any atom is 0.330 e. The van der Waals surface area contributed by atoms with Crippen molar-refractivity contribution >= 4 is 22.6 Å². The molecule has 0 aliphatic carbocycles. The molecule has 0 saturated heterocycles. The maximum absolute atomic E-state index is 11.6. The van der Waals surface area contributed by atoms with E-state index >= 15 is 0 Å². The number of esters is 1. The average Bonchev–Trinajstić information content (AvgIpc) is 2.57. The molecule has 30 heavy (non-hydrogen) atoms. The summed E-state index contributed by atoms with van der Waals surface area (Å²) >= 11 is 0. The lowest BCUT2D eigenvalue weighted by Crippen LogP contribution is -2.50. The van der Waals surface area contributed by atoms with Crippen LogP contribution in [0.2, 0.25) is 36.3 Å². The van der Waals surface area contributed by atoms with Gasteiger partial charge in [-0.15, -0.1) is 0 Å². The number of carbonyl (C=O) groups excluding carboxylic acids is 1. The van der Waals surface area contributed by atoms with Gasteiger partial charge in [0.2, 0.25) is 0 Å². The molecule has 0 aliphatic heterocycles. The third-order valence-corrected chi connectivity index (χ3v) is 15.8. The SMILES string of the molecule is C/C=C/[C@@H](O[Si](C)(C)C(C)(C)C)[C@H](C)[C@H](C/C=C/C(=O)OC)O[Si](C)(C)C(C)(C)C. The first-order chi connectivity index (χ1) is 13.4. The highest BCUT2D eigenvalue weighted by atomic mass is 28.4. The second-order valence-corrected chi connectivity index (χ2v) is 20.8. The molecule has 176 valence electrons. The number of ether oxygens (including phenoxy) is 1. The fourth-order valence-electron chi connectivity index (χ4n) is 2.53. The van der Waals surface area contributed by atoms with E-state index in [0.717, 1.165) is 0 Å². The number of methoxy groups -OCH3 is 1. The van der Waals surface area contributed by atoms with Gasteiger partial charge in [0.25, 0.3) is 0 Å². The van der Waals surface area contributed by atoms with Crippen LogP contribution >= 0.6 is 0 Å². The normalized spacial score (nSPS) is 17.4. The molecule has 4 nitrogen and oxygen atoms in total. The fourth-order valence-corrected chi connectivity index (χ4v) is 5.28. The van der Waals surface area contributed by atoms with Gasteiger partial charge in [0.15, 0.2) is 16.6 Å². The highest BCUT2D eigenvalue weighted by Crippen LogP contribution is 2.41. The van der Waals surface area contributed by atoms with E-state index < -0.39 is 16.6 Å². The van der Waals surface area contributed by atoms with Gasteiger partial charge in [0, 0.05) is 12.0 Å².